The van der Waals surface area contributed by atoms with Gasteiger partial charge in [0.15, 0.2) is 5.43 Å². The van der Waals surface area contributed by atoms with Gasteiger partial charge in [0.1, 0.15) is 11.5 Å². The predicted molar refractivity (Wildman–Crippen MR) is 75.2 cm³/mol. The van der Waals surface area contributed by atoms with Gasteiger partial charge >= 0.3 is 0 Å². The van der Waals surface area contributed by atoms with Gasteiger partial charge in [-0.25, -0.2) is 0 Å². The minimum absolute atomic E-state index is 0.0508. The van der Waals surface area contributed by atoms with E-state index in [-0.39, 0.29) is 5.43 Å². The highest BCUT2D eigenvalue weighted by Gasteiger charge is 2.13. The summed E-state index contributed by atoms with van der Waals surface area (Å²) in [5, 5.41) is 2.02. The summed E-state index contributed by atoms with van der Waals surface area (Å²) in [6.07, 6.45) is 1.72. The first-order valence-corrected chi connectivity index (χ1v) is 6.12. The molecule has 3 aromatic rings. The van der Waals surface area contributed by atoms with E-state index in [0.717, 1.165) is 10.8 Å². The van der Waals surface area contributed by atoms with Gasteiger partial charge in [0.05, 0.1) is 11.3 Å². The monoisotopic (exact) mass is 251 g/mol. The number of fused-ring (bicyclic) bond motifs is 1. The molecule has 1 aromatic carbocycles. The molecule has 0 aliphatic carbocycles. The number of hydrogen-bond acceptors (Lipinski definition) is 3. The van der Waals surface area contributed by atoms with E-state index < -0.39 is 0 Å². The standard InChI is InChI=1S/C16H13NO2/c1-10-9-14(18)15(11(2)19-10)16-13-6-4-3-5-12(13)7-8-17-16/h3-9H,1-2H3. The molecular formula is C16H13NO2. The van der Waals surface area contributed by atoms with Crippen LogP contribution in [-0.2, 0) is 0 Å². The third kappa shape index (κ3) is 1.93. The maximum absolute atomic E-state index is 12.2. The largest absolute Gasteiger partial charge is 0.466 e. The SMILES string of the molecule is Cc1cc(=O)c(-c2nccc3ccccc23)c(C)o1. The first kappa shape index (κ1) is 11.7. The smallest absolute Gasteiger partial charge is 0.194 e. The van der Waals surface area contributed by atoms with E-state index in [1.54, 1.807) is 20.0 Å². The topological polar surface area (TPSA) is 43.1 Å². The number of hydrogen-bond donors (Lipinski definition) is 0. The van der Waals surface area contributed by atoms with Gasteiger partial charge in [0, 0.05) is 17.6 Å². The van der Waals surface area contributed by atoms with E-state index in [0.29, 0.717) is 22.8 Å². The quantitative estimate of drug-likeness (QED) is 0.665. The second-order valence-corrected chi connectivity index (χ2v) is 4.53. The second kappa shape index (κ2) is 4.35. The highest BCUT2D eigenvalue weighted by molar-refractivity contribution is 5.94. The molecule has 2 aromatic heterocycles. The molecule has 3 rings (SSSR count). The van der Waals surface area contributed by atoms with Crippen molar-refractivity contribution in [3.8, 4) is 11.3 Å². The Balaban J connectivity index is 2.41. The van der Waals surface area contributed by atoms with Crippen molar-refractivity contribution in [3.05, 3.63) is 64.3 Å². The Hall–Kier alpha value is -2.42. The Morgan fingerprint density at radius 2 is 1.89 bits per heavy atom. The van der Waals surface area contributed by atoms with E-state index in [1.807, 2.05) is 30.3 Å². The summed E-state index contributed by atoms with van der Waals surface area (Å²) >= 11 is 0. The van der Waals surface area contributed by atoms with Gasteiger partial charge in [-0.1, -0.05) is 24.3 Å². The minimum Gasteiger partial charge on any atom is -0.466 e. The normalized spacial score (nSPS) is 10.8. The van der Waals surface area contributed by atoms with Crippen molar-refractivity contribution in [2.75, 3.05) is 0 Å². The lowest BCUT2D eigenvalue weighted by Gasteiger charge is -2.07. The molecule has 0 aliphatic rings. The molecular weight excluding hydrogens is 238 g/mol. The lowest BCUT2D eigenvalue weighted by Crippen LogP contribution is -2.07. The molecule has 0 aliphatic heterocycles. The zero-order valence-corrected chi connectivity index (χ0v) is 10.8. The summed E-state index contributed by atoms with van der Waals surface area (Å²) in [5.41, 5.74) is 1.18. The molecule has 0 spiro atoms. The van der Waals surface area contributed by atoms with Gasteiger partial charge in [-0.15, -0.1) is 0 Å². The van der Waals surface area contributed by atoms with Crippen LogP contribution in [0.15, 0.2) is 51.8 Å². The molecule has 0 fully saturated rings. The van der Waals surface area contributed by atoms with Crippen molar-refractivity contribution in [1.29, 1.82) is 0 Å². The minimum atomic E-state index is -0.0508. The van der Waals surface area contributed by atoms with Crippen LogP contribution < -0.4 is 5.43 Å². The fraction of sp³-hybridized carbons (Fsp3) is 0.125. The number of benzene rings is 1. The van der Waals surface area contributed by atoms with Gasteiger partial charge in [-0.2, -0.15) is 0 Å². The molecule has 0 unspecified atom stereocenters. The summed E-state index contributed by atoms with van der Waals surface area (Å²) < 4.78 is 5.55. The summed E-state index contributed by atoms with van der Waals surface area (Å²) in [6.45, 7) is 3.57. The Morgan fingerprint density at radius 3 is 2.68 bits per heavy atom. The molecule has 3 heteroatoms. The van der Waals surface area contributed by atoms with Crippen molar-refractivity contribution in [3.63, 3.8) is 0 Å². The van der Waals surface area contributed by atoms with Gasteiger partial charge in [0.2, 0.25) is 0 Å². The molecule has 0 saturated heterocycles. The average molecular weight is 251 g/mol. The van der Waals surface area contributed by atoms with Crippen LogP contribution in [0.5, 0.6) is 0 Å². The number of aromatic nitrogens is 1. The summed E-state index contributed by atoms with van der Waals surface area (Å²) in [6, 6.07) is 11.3. The van der Waals surface area contributed by atoms with Crippen LogP contribution in [-0.4, -0.2) is 4.98 Å². The first-order chi connectivity index (χ1) is 9.16. The molecule has 0 amide bonds. The second-order valence-electron chi connectivity index (χ2n) is 4.53. The van der Waals surface area contributed by atoms with Crippen molar-refractivity contribution in [1.82, 2.24) is 4.98 Å². The van der Waals surface area contributed by atoms with Crippen LogP contribution in [0, 0.1) is 13.8 Å². The molecule has 3 nitrogen and oxygen atoms in total. The van der Waals surface area contributed by atoms with E-state index >= 15 is 0 Å². The third-order valence-corrected chi connectivity index (χ3v) is 3.16. The fourth-order valence-electron chi connectivity index (χ4n) is 2.35. The van der Waals surface area contributed by atoms with E-state index in [9.17, 15) is 4.79 Å². The van der Waals surface area contributed by atoms with Crippen LogP contribution >= 0.6 is 0 Å². The van der Waals surface area contributed by atoms with Crippen molar-refractivity contribution < 1.29 is 4.42 Å². The molecule has 2 heterocycles. The fourth-order valence-corrected chi connectivity index (χ4v) is 2.35. The Bertz CT molecular complexity index is 813. The summed E-state index contributed by atoms with van der Waals surface area (Å²) in [4.78, 5) is 16.6. The van der Waals surface area contributed by atoms with Crippen LogP contribution in [0.4, 0.5) is 0 Å². The molecule has 0 bridgehead atoms. The molecule has 94 valence electrons. The molecule has 0 atom stereocenters. The maximum Gasteiger partial charge on any atom is 0.194 e. The van der Waals surface area contributed by atoms with Gasteiger partial charge in [-0.05, 0) is 25.3 Å². The van der Waals surface area contributed by atoms with Crippen LogP contribution in [0.2, 0.25) is 0 Å². The Morgan fingerprint density at radius 1 is 1.11 bits per heavy atom. The van der Waals surface area contributed by atoms with Gasteiger partial charge in [0.25, 0.3) is 0 Å². The zero-order chi connectivity index (χ0) is 13.4. The molecule has 0 saturated carbocycles. The van der Waals surface area contributed by atoms with E-state index in [1.165, 1.54) is 6.07 Å². The Kier molecular flexibility index (Phi) is 2.67. The highest BCUT2D eigenvalue weighted by Crippen LogP contribution is 2.26. The van der Waals surface area contributed by atoms with Crippen LogP contribution in [0.3, 0.4) is 0 Å². The molecule has 19 heavy (non-hydrogen) atoms. The van der Waals surface area contributed by atoms with Gasteiger partial charge in [-0.3, -0.25) is 9.78 Å². The Labute approximate surface area is 110 Å². The number of aryl methyl sites for hydroxylation is 2. The lowest BCUT2D eigenvalue weighted by molar-refractivity contribution is 0.486. The number of pyridine rings is 1. The van der Waals surface area contributed by atoms with Crippen LogP contribution in [0.25, 0.3) is 22.0 Å². The van der Waals surface area contributed by atoms with Crippen molar-refractivity contribution in [2.45, 2.75) is 13.8 Å². The molecule has 0 radical (unpaired) electrons. The molecule has 0 N–H and O–H groups in total. The average Bonchev–Trinajstić information content (AvgIpc) is 2.38. The predicted octanol–water partition coefficient (Wildman–Crippen LogP) is 3.47. The number of rotatable bonds is 1. The van der Waals surface area contributed by atoms with Gasteiger partial charge < -0.3 is 4.42 Å². The van der Waals surface area contributed by atoms with Crippen molar-refractivity contribution >= 4 is 10.8 Å². The van der Waals surface area contributed by atoms with E-state index in [2.05, 4.69) is 4.98 Å². The van der Waals surface area contributed by atoms with Crippen LogP contribution in [0.1, 0.15) is 11.5 Å². The maximum atomic E-state index is 12.2. The summed E-state index contributed by atoms with van der Waals surface area (Å²) in [5.74, 6) is 1.22. The number of nitrogens with zero attached hydrogens (tertiary/aromatic N) is 1. The first-order valence-electron chi connectivity index (χ1n) is 6.12. The van der Waals surface area contributed by atoms with Crippen molar-refractivity contribution in [2.24, 2.45) is 0 Å². The van der Waals surface area contributed by atoms with E-state index in [4.69, 9.17) is 4.42 Å². The zero-order valence-electron chi connectivity index (χ0n) is 10.8. The lowest BCUT2D eigenvalue weighted by atomic mass is 10.0. The highest BCUT2D eigenvalue weighted by atomic mass is 16.3. The third-order valence-electron chi connectivity index (χ3n) is 3.16. The summed E-state index contributed by atoms with van der Waals surface area (Å²) in [7, 11) is 0.